The lowest BCUT2D eigenvalue weighted by molar-refractivity contribution is 0.231. The summed E-state index contributed by atoms with van der Waals surface area (Å²) in [7, 11) is 0. The molecule has 1 aliphatic carbocycles. The van der Waals surface area contributed by atoms with Gasteiger partial charge in [0.1, 0.15) is 0 Å². The molecule has 0 aromatic rings. The topological polar surface area (TPSA) is 20.2 Å². The lowest BCUT2D eigenvalue weighted by atomic mass is 9.77. The Morgan fingerprint density at radius 2 is 2.21 bits per heavy atom. The Bertz CT molecular complexity index is 258. The Morgan fingerprint density at radius 1 is 1.57 bits per heavy atom. The van der Waals surface area contributed by atoms with Crippen LogP contribution in [0.2, 0.25) is 0 Å². The molecule has 1 nitrogen and oxygen atoms in total. The SMILES string of the molecule is CC=C(C)C(O)C1=CC(C)(C)CCC1. The summed E-state index contributed by atoms with van der Waals surface area (Å²) in [5.74, 6) is 0. The van der Waals surface area contributed by atoms with E-state index < -0.39 is 0 Å². The molecule has 1 aliphatic rings. The maximum absolute atomic E-state index is 10.0. The highest BCUT2D eigenvalue weighted by Gasteiger charge is 2.23. The zero-order chi connectivity index (χ0) is 10.8. The van der Waals surface area contributed by atoms with Gasteiger partial charge in [0.05, 0.1) is 6.10 Å². The minimum atomic E-state index is -0.348. The Balaban J connectivity index is 2.83. The van der Waals surface area contributed by atoms with E-state index in [0.29, 0.717) is 0 Å². The Labute approximate surface area is 87.5 Å². The zero-order valence-corrected chi connectivity index (χ0v) is 9.80. The second-order valence-corrected chi connectivity index (χ2v) is 5.00. The molecule has 80 valence electrons. The van der Waals surface area contributed by atoms with Crippen LogP contribution in [0.25, 0.3) is 0 Å². The van der Waals surface area contributed by atoms with Crippen LogP contribution < -0.4 is 0 Å². The van der Waals surface area contributed by atoms with Gasteiger partial charge in [0.25, 0.3) is 0 Å². The molecule has 0 aromatic heterocycles. The predicted molar refractivity (Wildman–Crippen MR) is 61.2 cm³/mol. The van der Waals surface area contributed by atoms with Crippen molar-refractivity contribution in [3.63, 3.8) is 0 Å². The van der Waals surface area contributed by atoms with Crippen LogP contribution in [0.4, 0.5) is 0 Å². The van der Waals surface area contributed by atoms with Crippen molar-refractivity contribution in [3.8, 4) is 0 Å². The van der Waals surface area contributed by atoms with Crippen molar-refractivity contribution in [3.05, 3.63) is 23.3 Å². The van der Waals surface area contributed by atoms with Crippen molar-refractivity contribution in [1.29, 1.82) is 0 Å². The molecule has 0 amide bonds. The molecule has 1 rings (SSSR count). The summed E-state index contributed by atoms with van der Waals surface area (Å²) in [6.45, 7) is 8.45. The van der Waals surface area contributed by atoms with Crippen molar-refractivity contribution in [1.82, 2.24) is 0 Å². The summed E-state index contributed by atoms with van der Waals surface area (Å²) in [6.07, 6.45) is 7.39. The minimum absolute atomic E-state index is 0.266. The third kappa shape index (κ3) is 2.71. The highest BCUT2D eigenvalue weighted by Crippen LogP contribution is 2.35. The number of rotatable bonds is 2. The van der Waals surface area contributed by atoms with Gasteiger partial charge in [-0.05, 0) is 49.7 Å². The second kappa shape index (κ2) is 4.31. The molecule has 1 heteroatoms. The summed E-state index contributed by atoms with van der Waals surface area (Å²) >= 11 is 0. The van der Waals surface area contributed by atoms with Crippen molar-refractivity contribution in [2.24, 2.45) is 5.41 Å². The second-order valence-electron chi connectivity index (χ2n) is 5.00. The van der Waals surface area contributed by atoms with Gasteiger partial charge in [-0.25, -0.2) is 0 Å². The summed E-state index contributed by atoms with van der Waals surface area (Å²) in [5, 5.41) is 10.0. The van der Waals surface area contributed by atoms with Gasteiger partial charge in [0, 0.05) is 0 Å². The quantitative estimate of drug-likeness (QED) is 0.667. The molecule has 1 N–H and O–H groups in total. The van der Waals surface area contributed by atoms with Gasteiger partial charge in [-0.2, -0.15) is 0 Å². The first-order chi connectivity index (χ1) is 6.46. The van der Waals surface area contributed by atoms with Crippen LogP contribution in [0, 0.1) is 5.41 Å². The van der Waals surface area contributed by atoms with E-state index in [1.54, 1.807) is 0 Å². The van der Waals surface area contributed by atoms with Crippen LogP contribution in [0.1, 0.15) is 47.0 Å². The average molecular weight is 194 g/mol. The van der Waals surface area contributed by atoms with Crippen LogP contribution >= 0.6 is 0 Å². The maximum Gasteiger partial charge on any atom is 0.0958 e. The summed E-state index contributed by atoms with van der Waals surface area (Å²) in [6, 6.07) is 0. The molecule has 0 aliphatic heterocycles. The van der Waals surface area contributed by atoms with Gasteiger partial charge in [-0.1, -0.05) is 26.0 Å². The first-order valence-corrected chi connectivity index (χ1v) is 5.49. The van der Waals surface area contributed by atoms with E-state index in [4.69, 9.17) is 0 Å². The molecule has 0 aromatic carbocycles. The number of aliphatic hydroxyl groups excluding tert-OH is 1. The van der Waals surface area contributed by atoms with Crippen LogP contribution in [-0.2, 0) is 0 Å². The van der Waals surface area contributed by atoms with E-state index in [-0.39, 0.29) is 11.5 Å². The van der Waals surface area contributed by atoms with E-state index >= 15 is 0 Å². The van der Waals surface area contributed by atoms with E-state index in [9.17, 15) is 5.11 Å². The van der Waals surface area contributed by atoms with Crippen LogP contribution in [0.3, 0.4) is 0 Å². The standard InChI is InChI=1S/C13H22O/c1-5-10(2)12(14)11-7-6-8-13(3,4)9-11/h5,9,12,14H,6-8H2,1-4H3. The molecule has 0 bridgehead atoms. The smallest absolute Gasteiger partial charge is 0.0958 e. The number of hydrogen-bond acceptors (Lipinski definition) is 1. The molecule has 0 saturated carbocycles. The van der Waals surface area contributed by atoms with Gasteiger partial charge in [-0.15, -0.1) is 0 Å². The highest BCUT2D eigenvalue weighted by atomic mass is 16.3. The normalized spacial score (nSPS) is 24.4. The largest absolute Gasteiger partial charge is 0.384 e. The molecule has 0 radical (unpaired) electrons. The fourth-order valence-corrected chi connectivity index (χ4v) is 2.06. The molecular formula is C13H22O. The molecule has 14 heavy (non-hydrogen) atoms. The highest BCUT2D eigenvalue weighted by molar-refractivity contribution is 5.24. The minimum Gasteiger partial charge on any atom is -0.384 e. The molecule has 1 atom stereocenters. The Kier molecular flexibility index (Phi) is 3.54. The summed E-state index contributed by atoms with van der Waals surface area (Å²) in [5.41, 5.74) is 2.54. The van der Waals surface area contributed by atoms with Crippen molar-refractivity contribution >= 4 is 0 Å². The third-order valence-electron chi connectivity index (χ3n) is 3.10. The van der Waals surface area contributed by atoms with E-state index in [1.165, 1.54) is 18.4 Å². The number of allylic oxidation sites excluding steroid dienone is 2. The van der Waals surface area contributed by atoms with E-state index in [0.717, 1.165) is 12.0 Å². The maximum atomic E-state index is 10.0. The van der Waals surface area contributed by atoms with Crippen LogP contribution in [0.15, 0.2) is 23.3 Å². The van der Waals surface area contributed by atoms with Gasteiger partial charge in [0.2, 0.25) is 0 Å². The first kappa shape index (κ1) is 11.5. The van der Waals surface area contributed by atoms with Crippen molar-refractivity contribution in [2.75, 3.05) is 0 Å². The van der Waals surface area contributed by atoms with Crippen molar-refractivity contribution < 1.29 is 5.11 Å². The number of aliphatic hydroxyl groups is 1. The molecule has 0 heterocycles. The Hall–Kier alpha value is -0.560. The lowest BCUT2D eigenvalue weighted by Crippen LogP contribution is -2.20. The van der Waals surface area contributed by atoms with Gasteiger partial charge < -0.3 is 5.11 Å². The van der Waals surface area contributed by atoms with E-state index in [2.05, 4.69) is 19.9 Å². The average Bonchev–Trinajstić information content (AvgIpc) is 2.14. The summed E-state index contributed by atoms with van der Waals surface area (Å²) in [4.78, 5) is 0. The molecule has 1 unspecified atom stereocenters. The first-order valence-electron chi connectivity index (χ1n) is 5.49. The van der Waals surface area contributed by atoms with Crippen LogP contribution in [-0.4, -0.2) is 11.2 Å². The fourth-order valence-electron chi connectivity index (χ4n) is 2.06. The molecule has 0 spiro atoms. The lowest BCUT2D eigenvalue weighted by Gasteiger charge is -2.29. The van der Waals surface area contributed by atoms with Gasteiger partial charge >= 0.3 is 0 Å². The van der Waals surface area contributed by atoms with E-state index in [1.807, 2.05) is 19.9 Å². The molecule has 0 fully saturated rings. The third-order valence-corrected chi connectivity index (χ3v) is 3.10. The number of hydrogen-bond donors (Lipinski definition) is 1. The van der Waals surface area contributed by atoms with Gasteiger partial charge in [-0.3, -0.25) is 0 Å². The van der Waals surface area contributed by atoms with Crippen molar-refractivity contribution in [2.45, 2.75) is 53.1 Å². The fraction of sp³-hybridized carbons (Fsp3) is 0.692. The predicted octanol–water partition coefficient (Wildman–Crippen LogP) is 3.45. The summed E-state index contributed by atoms with van der Waals surface area (Å²) < 4.78 is 0. The van der Waals surface area contributed by atoms with Crippen LogP contribution in [0.5, 0.6) is 0 Å². The van der Waals surface area contributed by atoms with Gasteiger partial charge in [0.15, 0.2) is 0 Å². The molecular weight excluding hydrogens is 172 g/mol. The monoisotopic (exact) mass is 194 g/mol. The molecule has 0 saturated heterocycles. The Morgan fingerprint density at radius 3 is 2.71 bits per heavy atom. The zero-order valence-electron chi connectivity index (χ0n) is 9.80.